The Labute approximate surface area is 162 Å². The third-order valence-corrected chi connectivity index (χ3v) is 5.27. The summed E-state index contributed by atoms with van der Waals surface area (Å²) in [5.74, 6) is 0.665. The molecule has 4 rings (SSSR count). The average molecular weight is 386 g/mol. The van der Waals surface area contributed by atoms with Crippen molar-refractivity contribution in [2.75, 3.05) is 38.2 Å². The highest BCUT2D eigenvalue weighted by molar-refractivity contribution is 6.32. The van der Waals surface area contributed by atoms with Crippen molar-refractivity contribution in [2.24, 2.45) is 0 Å². The molecule has 140 valence electrons. The summed E-state index contributed by atoms with van der Waals surface area (Å²) in [7, 11) is 1.61. The van der Waals surface area contributed by atoms with Gasteiger partial charge >= 0.3 is 0 Å². The Morgan fingerprint density at radius 3 is 2.74 bits per heavy atom. The second-order valence-electron chi connectivity index (χ2n) is 6.42. The van der Waals surface area contributed by atoms with Crippen LogP contribution in [0, 0.1) is 0 Å². The van der Waals surface area contributed by atoms with Crippen molar-refractivity contribution in [2.45, 2.75) is 6.17 Å². The number of nitrogens with zero attached hydrogens (tertiary/aromatic N) is 5. The molecular formula is C19H20ClN5O2. The van der Waals surface area contributed by atoms with Crippen LogP contribution in [0.25, 0.3) is 10.9 Å². The lowest BCUT2D eigenvalue weighted by Gasteiger charge is -2.38. The van der Waals surface area contributed by atoms with Gasteiger partial charge in [-0.1, -0.05) is 11.6 Å². The Balaban J connectivity index is 1.50. The molecule has 7 nitrogen and oxygen atoms in total. The lowest BCUT2D eigenvalue weighted by molar-refractivity contribution is -0.115. The topological polar surface area (TPSA) is 63.5 Å². The minimum Gasteiger partial charge on any atom is -0.495 e. The molecule has 1 unspecified atom stereocenters. The molecule has 0 radical (unpaired) electrons. The highest BCUT2D eigenvalue weighted by Crippen LogP contribution is 2.30. The first-order valence-corrected chi connectivity index (χ1v) is 9.14. The first-order chi connectivity index (χ1) is 13.2. The van der Waals surface area contributed by atoms with Crippen LogP contribution in [-0.4, -0.2) is 59.2 Å². The number of rotatable bonds is 5. The Bertz CT molecular complexity index is 952. The molecule has 8 heteroatoms. The summed E-state index contributed by atoms with van der Waals surface area (Å²) >= 11 is 6.12. The molecule has 0 N–H and O–H groups in total. The molecule has 2 aromatic heterocycles. The second kappa shape index (κ2) is 7.54. The van der Waals surface area contributed by atoms with E-state index < -0.39 is 6.17 Å². The Morgan fingerprint density at radius 1 is 1.19 bits per heavy atom. The van der Waals surface area contributed by atoms with Gasteiger partial charge < -0.3 is 9.64 Å². The van der Waals surface area contributed by atoms with E-state index in [1.807, 2.05) is 24.3 Å². The highest BCUT2D eigenvalue weighted by Gasteiger charge is 2.26. The van der Waals surface area contributed by atoms with Gasteiger partial charge in [-0.3, -0.25) is 14.7 Å². The van der Waals surface area contributed by atoms with Gasteiger partial charge in [-0.2, -0.15) is 5.10 Å². The number of pyridine rings is 1. The molecule has 3 aromatic rings. The first kappa shape index (κ1) is 17.8. The number of hydrogen-bond acceptors (Lipinski definition) is 6. The van der Waals surface area contributed by atoms with Crippen LogP contribution in [0.3, 0.4) is 0 Å². The van der Waals surface area contributed by atoms with Crippen LogP contribution in [0.5, 0.6) is 5.75 Å². The molecule has 0 spiro atoms. The van der Waals surface area contributed by atoms with Gasteiger partial charge in [-0.05, 0) is 18.2 Å². The lowest BCUT2D eigenvalue weighted by atomic mass is 10.2. The summed E-state index contributed by atoms with van der Waals surface area (Å²) in [6.07, 6.45) is 5.75. The summed E-state index contributed by atoms with van der Waals surface area (Å²) in [6.45, 7) is 3.09. The van der Waals surface area contributed by atoms with Crippen LogP contribution < -0.4 is 9.64 Å². The fourth-order valence-electron chi connectivity index (χ4n) is 3.48. The van der Waals surface area contributed by atoms with E-state index in [9.17, 15) is 4.79 Å². The number of hydrogen-bond donors (Lipinski definition) is 0. The van der Waals surface area contributed by atoms with Crippen molar-refractivity contribution < 1.29 is 9.53 Å². The quantitative estimate of drug-likeness (QED) is 0.629. The van der Waals surface area contributed by atoms with Gasteiger partial charge in [0.15, 0.2) is 12.5 Å². The van der Waals surface area contributed by atoms with E-state index in [2.05, 4.69) is 19.9 Å². The van der Waals surface area contributed by atoms with Crippen molar-refractivity contribution in [3.05, 3.63) is 47.9 Å². The zero-order valence-corrected chi connectivity index (χ0v) is 15.7. The van der Waals surface area contributed by atoms with Crippen molar-refractivity contribution in [3.63, 3.8) is 0 Å². The number of methoxy groups -OCH3 is 1. The normalized spacial score (nSPS) is 16.4. The van der Waals surface area contributed by atoms with E-state index in [1.54, 1.807) is 30.4 Å². The maximum Gasteiger partial charge on any atom is 0.161 e. The Morgan fingerprint density at radius 2 is 2.00 bits per heavy atom. The van der Waals surface area contributed by atoms with Gasteiger partial charge in [-0.25, -0.2) is 4.68 Å². The minimum atomic E-state index is -0.436. The van der Waals surface area contributed by atoms with Gasteiger partial charge in [0.05, 0.1) is 30.0 Å². The van der Waals surface area contributed by atoms with Crippen molar-refractivity contribution in [1.82, 2.24) is 19.7 Å². The fraction of sp³-hybridized carbons (Fsp3) is 0.316. The van der Waals surface area contributed by atoms with E-state index in [-0.39, 0.29) is 0 Å². The van der Waals surface area contributed by atoms with Crippen LogP contribution in [0.2, 0.25) is 5.02 Å². The number of halogens is 1. The van der Waals surface area contributed by atoms with Crippen molar-refractivity contribution >= 4 is 34.5 Å². The van der Waals surface area contributed by atoms with E-state index in [0.717, 1.165) is 49.1 Å². The van der Waals surface area contributed by atoms with Gasteiger partial charge in [-0.15, -0.1) is 0 Å². The first-order valence-electron chi connectivity index (χ1n) is 8.76. The number of carbonyl (C=O) groups is 1. The maximum absolute atomic E-state index is 11.9. The predicted molar refractivity (Wildman–Crippen MR) is 104 cm³/mol. The zero-order valence-electron chi connectivity index (χ0n) is 15.0. The fourth-order valence-corrected chi connectivity index (χ4v) is 3.68. The number of benzene rings is 1. The van der Waals surface area contributed by atoms with Crippen LogP contribution in [0.1, 0.15) is 6.17 Å². The Hall–Kier alpha value is -2.64. The zero-order chi connectivity index (χ0) is 18.8. The third kappa shape index (κ3) is 3.36. The van der Waals surface area contributed by atoms with Crippen molar-refractivity contribution in [1.29, 1.82) is 0 Å². The van der Waals surface area contributed by atoms with Crippen LogP contribution in [-0.2, 0) is 4.79 Å². The number of carbonyl (C=O) groups excluding carboxylic acids is 1. The molecule has 0 amide bonds. The molecule has 1 aliphatic heterocycles. The number of aromatic nitrogens is 3. The summed E-state index contributed by atoms with van der Waals surface area (Å²) in [5.41, 5.74) is 1.92. The van der Waals surface area contributed by atoms with Gasteiger partial charge in [0.1, 0.15) is 5.75 Å². The molecule has 1 aliphatic rings. The molecule has 1 saturated heterocycles. The molecule has 1 aromatic carbocycles. The summed E-state index contributed by atoms with van der Waals surface area (Å²) in [5, 5.41) is 5.98. The van der Waals surface area contributed by atoms with E-state index in [0.29, 0.717) is 10.8 Å². The standard InChI is InChI=1S/C19H20ClN5O2/c1-27-18-10-15(2-3-16(18)20)23-6-8-24(9-7-23)19(13-26)25-17-12-21-5-4-14(17)11-22-25/h2-5,10-13,19H,6-9H2,1H3. The molecule has 1 atom stereocenters. The van der Waals surface area contributed by atoms with Crippen LogP contribution in [0.4, 0.5) is 5.69 Å². The van der Waals surface area contributed by atoms with Crippen LogP contribution >= 0.6 is 11.6 Å². The number of fused-ring (bicyclic) bond motifs is 1. The van der Waals surface area contributed by atoms with Crippen LogP contribution in [0.15, 0.2) is 42.9 Å². The van der Waals surface area contributed by atoms with E-state index >= 15 is 0 Å². The smallest absolute Gasteiger partial charge is 0.161 e. The molecule has 0 bridgehead atoms. The summed E-state index contributed by atoms with van der Waals surface area (Å²) < 4.78 is 7.06. The minimum absolute atomic E-state index is 0.436. The van der Waals surface area contributed by atoms with E-state index in [1.165, 1.54) is 0 Å². The Kier molecular flexibility index (Phi) is 4.96. The number of piperazine rings is 1. The van der Waals surface area contributed by atoms with Gasteiger partial charge in [0.25, 0.3) is 0 Å². The number of anilines is 1. The summed E-state index contributed by atoms with van der Waals surface area (Å²) in [4.78, 5) is 20.4. The van der Waals surface area contributed by atoms with E-state index in [4.69, 9.17) is 16.3 Å². The largest absolute Gasteiger partial charge is 0.495 e. The van der Waals surface area contributed by atoms with Gasteiger partial charge in [0, 0.05) is 49.5 Å². The highest BCUT2D eigenvalue weighted by atomic mass is 35.5. The molecule has 27 heavy (non-hydrogen) atoms. The monoisotopic (exact) mass is 385 g/mol. The molecular weight excluding hydrogens is 366 g/mol. The number of ether oxygens (including phenoxy) is 1. The maximum atomic E-state index is 11.9. The molecule has 0 aliphatic carbocycles. The number of aldehydes is 1. The molecule has 3 heterocycles. The predicted octanol–water partition coefficient (Wildman–Crippen LogP) is 2.61. The van der Waals surface area contributed by atoms with Crippen molar-refractivity contribution in [3.8, 4) is 5.75 Å². The average Bonchev–Trinajstić information content (AvgIpc) is 3.14. The van der Waals surface area contributed by atoms with Gasteiger partial charge in [0.2, 0.25) is 0 Å². The third-order valence-electron chi connectivity index (χ3n) is 4.96. The SMILES string of the molecule is COc1cc(N2CCN(C(C=O)n3ncc4ccncc43)CC2)ccc1Cl. The second-order valence-corrected chi connectivity index (χ2v) is 6.82. The lowest BCUT2D eigenvalue weighted by Crippen LogP contribution is -2.49. The summed E-state index contributed by atoms with van der Waals surface area (Å²) in [6, 6.07) is 7.68. The molecule has 0 saturated carbocycles. The molecule has 1 fully saturated rings.